The molecule has 0 radical (unpaired) electrons. The van der Waals surface area contributed by atoms with Crippen molar-refractivity contribution in [3.63, 3.8) is 0 Å². The molecule has 0 aliphatic heterocycles. The Bertz CT molecular complexity index is 775. The fraction of sp³-hybridized carbons (Fsp3) is 0.176. The van der Waals surface area contributed by atoms with Crippen LogP contribution in [0.5, 0.6) is 0 Å². The third-order valence-electron chi connectivity index (χ3n) is 3.42. The van der Waals surface area contributed by atoms with E-state index in [2.05, 4.69) is 10.5 Å². The first-order valence-corrected chi connectivity index (χ1v) is 7.17. The second kappa shape index (κ2) is 6.50. The smallest absolute Gasteiger partial charge is 0.273 e. The Hall–Kier alpha value is -2.86. The highest BCUT2D eigenvalue weighted by Crippen LogP contribution is 2.22. The number of aromatic nitrogens is 1. The van der Waals surface area contributed by atoms with E-state index in [0.717, 1.165) is 11.3 Å². The maximum atomic E-state index is 11.8. The van der Waals surface area contributed by atoms with Gasteiger partial charge in [0, 0.05) is 18.2 Å². The quantitative estimate of drug-likeness (QED) is 0.756. The second-order valence-corrected chi connectivity index (χ2v) is 5.15. The highest BCUT2D eigenvalue weighted by molar-refractivity contribution is 5.92. The van der Waals surface area contributed by atoms with Gasteiger partial charge in [-0.1, -0.05) is 29.4 Å². The number of carbonyl (C=O) groups is 1. The molecule has 6 nitrogen and oxygen atoms in total. The summed E-state index contributed by atoms with van der Waals surface area (Å²) in [7, 11) is 0. The van der Waals surface area contributed by atoms with E-state index in [9.17, 15) is 9.90 Å². The number of nitrogens with one attached hydrogen (secondary N) is 1. The number of benzene rings is 1. The van der Waals surface area contributed by atoms with Gasteiger partial charge in [-0.25, -0.2) is 0 Å². The number of rotatable bonds is 5. The fourth-order valence-corrected chi connectivity index (χ4v) is 2.18. The summed E-state index contributed by atoms with van der Waals surface area (Å²) in [6.45, 7) is 1.80. The van der Waals surface area contributed by atoms with E-state index in [-0.39, 0.29) is 18.1 Å². The minimum atomic E-state index is -0.808. The summed E-state index contributed by atoms with van der Waals surface area (Å²) in [5.41, 5.74) is 1.83. The van der Waals surface area contributed by atoms with Crippen LogP contribution in [0, 0.1) is 6.92 Å². The first-order chi connectivity index (χ1) is 11.1. The SMILES string of the molecule is Cc1cc(C(=O)NC[C@H](O)c2ccc(-c3ccco3)cc2)no1. The number of amides is 1. The largest absolute Gasteiger partial charge is 0.464 e. The Morgan fingerprint density at radius 2 is 2.09 bits per heavy atom. The molecule has 0 unspecified atom stereocenters. The Kier molecular flexibility index (Phi) is 4.25. The summed E-state index contributed by atoms with van der Waals surface area (Å²) in [6, 6.07) is 12.6. The van der Waals surface area contributed by atoms with Crippen LogP contribution in [0.3, 0.4) is 0 Å². The van der Waals surface area contributed by atoms with Gasteiger partial charge in [0.25, 0.3) is 5.91 Å². The van der Waals surface area contributed by atoms with Crippen molar-refractivity contribution >= 4 is 5.91 Å². The van der Waals surface area contributed by atoms with Gasteiger partial charge >= 0.3 is 0 Å². The molecule has 2 aromatic heterocycles. The van der Waals surface area contributed by atoms with Crippen LogP contribution in [0.2, 0.25) is 0 Å². The van der Waals surface area contributed by atoms with Gasteiger partial charge in [0.15, 0.2) is 5.69 Å². The minimum Gasteiger partial charge on any atom is -0.464 e. The zero-order valence-corrected chi connectivity index (χ0v) is 12.5. The van der Waals surface area contributed by atoms with Crippen molar-refractivity contribution in [3.8, 4) is 11.3 Å². The third kappa shape index (κ3) is 3.49. The minimum absolute atomic E-state index is 0.0881. The molecule has 23 heavy (non-hydrogen) atoms. The number of aryl methyl sites for hydroxylation is 1. The lowest BCUT2D eigenvalue weighted by molar-refractivity contribution is 0.0907. The van der Waals surface area contributed by atoms with Gasteiger partial charge in [0.1, 0.15) is 11.5 Å². The zero-order chi connectivity index (χ0) is 16.2. The number of hydrogen-bond donors (Lipinski definition) is 2. The van der Waals surface area contributed by atoms with Gasteiger partial charge in [-0.3, -0.25) is 4.79 Å². The predicted molar refractivity (Wildman–Crippen MR) is 82.7 cm³/mol. The van der Waals surface area contributed by atoms with Crippen LogP contribution in [0.4, 0.5) is 0 Å². The van der Waals surface area contributed by atoms with E-state index >= 15 is 0 Å². The number of hydrogen-bond acceptors (Lipinski definition) is 5. The van der Waals surface area contributed by atoms with Crippen molar-refractivity contribution in [2.75, 3.05) is 6.54 Å². The lowest BCUT2D eigenvalue weighted by Crippen LogP contribution is -2.28. The van der Waals surface area contributed by atoms with Gasteiger partial charge < -0.3 is 19.4 Å². The molecule has 1 atom stereocenters. The fourth-order valence-electron chi connectivity index (χ4n) is 2.18. The van der Waals surface area contributed by atoms with Crippen LogP contribution < -0.4 is 5.32 Å². The monoisotopic (exact) mass is 312 g/mol. The van der Waals surface area contributed by atoms with Crippen LogP contribution >= 0.6 is 0 Å². The first-order valence-electron chi connectivity index (χ1n) is 7.17. The molecule has 0 saturated heterocycles. The second-order valence-electron chi connectivity index (χ2n) is 5.15. The molecule has 2 heterocycles. The third-order valence-corrected chi connectivity index (χ3v) is 3.42. The molecule has 2 N–H and O–H groups in total. The summed E-state index contributed by atoms with van der Waals surface area (Å²) in [5, 5.41) is 16.4. The van der Waals surface area contributed by atoms with E-state index in [1.807, 2.05) is 24.3 Å². The molecule has 0 bridgehead atoms. The predicted octanol–water partition coefficient (Wildman–Crippen LogP) is 2.71. The number of aliphatic hydroxyl groups excluding tert-OH is 1. The van der Waals surface area contributed by atoms with Crippen LogP contribution in [0.15, 0.2) is 57.7 Å². The average Bonchev–Trinajstić information content (AvgIpc) is 3.24. The number of nitrogens with zero attached hydrogens (tertiary/aromatic N) is 1. The van der Waals surface area contributed by atoms with Crippen molar-refractivity contribution in [2.24, 2.45) is 0 Å². The lowest BCUT2D eigenvalue weighted by atomic mass is 10.1. The highest BCUT2D eigenvalue weighted by atomic mass is 16.5. The molecular formula is C17H16N2O4. The Balaban J connectivity index is 1.60. The van der Waals surface area contributed by atoms with E-state index < -0.39 is 6.10 Å². The molecule has 0 aliphatic carbocycles. The maximum Gasteiger partial charge on any atom is 0.273 e. The van der Waals surface area contributed by atoms with Crippen molar-refractivity contribution in [3.05, 3.63) is 65.7 Å². The van der Waals surface area contributed by atoms with Crippen molar-refractivity contribution in [2.45, 2.75) is 13.0 Å². The molecule has 3 rings (SSSR count). The number of carbonyl (C=O) groups excluding carboxylic acids is 1. The van der Waals surface area contributed by atoms with E-state index in [1.165, 1.54) is 0 Å². The van der Waals surface area contributed by atoms with E-state index in [4.69, 9.17) is 8.94 Å². The van der Waals surface area contributed by atoms with Gasteiger partial charge in [-0.05, 0) is 24.6 Å². The van der Waals surface area contributed by atoms with E-state index in [1.54, 1.807) is 31.4 Å². The molecule has 0 aliphatic rings. The molecule has 0 spiro atoms. The molecule has 3 aromatic rings. The molecule has 6 heteroatoms. The first kappa shape index (κ1) is 15.1. The topological polar surface area (TPSA) is 88.5 Å². The zero-order valence-electron chi connectivity index (χ0n) is 12.5. The van der Waals surface area contributed by atoms with Gasteiger partial charge in [-0.15, -0.1) is 0 Å². The van der Waals surface area contributed by atoms with Gasteiger partial charge in [-0.2, -0.15) is 0 Å². The summed E-state index contributed by atoms with van der Waals surface area (Å²) in [4.78, 5) is 11.8. The van der Waals surface area contributed by atoms with Gasteiger partial charge in [0.05, 0.1) is 12.4 Å². The van der Waals surface area contributed by atoms with E-state index in [0.29, 0.717) is 11.3 Å². The Morgan fingerprint density at radius 3 is 2.70 bits per heavy atom. The number of aliphatic hydroxyl groups is 1. The van der Waals surface area contributed by atoms with Crippen molar-refractivity contribution in [1.29, 1.82) is 0 Å². The van der Waals surface area contributed by atoms with Crippen LogP contribution in [0.1, 0.15) is 27.9 Å². The van der Waals surface area contributed by atoms with Crippen LogP contribution in [-0.4, -0.2) is 22.7 Å². The average molecular weight is 312 g/mol. The van der Waals surface area contributed by atoms with Crippen molar-refractivity contribution in [1.82, 2.24) is 10.5 Å². The molecule has 1 aromatic carbocycles. The van der Waals surface area contributed by atoms with Crippen LogP contribution in [0.25, 0.3) is 11.3 Å². The molecule has 118 valence electrons. The summed E-state index contributed by atoms with van der Waals surface area (Å²) >= 11 is 0. The molecule has 0 fully saturated rings. The highest BCUT2D eigenvalue weighted by Gasteiger charge is 2.14. The number of furan rings is 1. The Labute approximate surface area is 132 Å². The lowest BCUT2D eigenvalue weighted by Gasteiger charge is -2.12. The van der Waals surface area contributed by atoms with Gasteiger partial charge in [0.2, 0.25) is 0 Å². The molecular weight excluding hydrogens is 296 g/mol. The molecule has 1 amide bonds. The summed E-state index contributed by atoms with van der Waals surface area (Å²) in [6.07, 6.45) is 0.803. The standard InChI is InChI=1S/C17H16N2O4/c1-11-9-14(19-23-11)17(21)18-10-15(20)12-4-6-13(7-5-12)16-3-2-8-22-16/h2-9,15,20H,10H2,1H3,(H,18,21)/t15-/m0/s1. The Morgan fingerprint density at radius 1 is 1.30 bits per heavy atom. The maximum absolute atomic E-state index is 11.8. The van der Waals surface area contributed by atoms with Crippen molar-refractivity contribution < 1.29 is 18.8 Å². The summed E-state index contributed by atoms with van der Waals surface area (Å²) < 4.78 is 10.2. The van der Waals surface area contributed by atoms with Crippen LogP contribution in [-0.2, 0) is 0 Å². The summed E-state index contributed by atoms with van der Waals surface area (Å²) in [5.74, 6) is 0.943. The molecule has 0 saturated carbocycles. The normalized spacial score (nSPS) is 12.1.